The van der Waals surface area contributed by atoms with E-state index in [1.807, 2.05) is 0 Å². The number of hydrogen-bond acceptors (Lipinski definition) is 3. The highest BCUT2D eigenvalue weighted by molar-refractivity contribution is 5.88. The van der Waals surface area contributed by atoms with Crippen LogP contribution < -0.4 is 0 Å². The molecule has 0 aromatic rings. The normalized spacial score (nSPS) is 49.2. The molecule has 0 unspecified atom stereocenters. The molecule has 3 heteroatoms. The first-order chi connectivity index (χ1) is 7.14. The minimum Gasteiger partial charge on any atom is -0.459 e. The van der Waals surface area contributed by atoms with Crippen molar-refractivity contribution < 1.29 is 14.3 Å². The van der Waals surface area contributed by atoms with Gasteiger partial charge < -0.3 is 9.47 Å². The lowest BCUT2D eigenvalue weighted by molar-refractivity contribution is -0.133. The van der Waals surface area contributed by atoms with Gasteiger partial charge >= 0.3 is 5.97 Å². The van der Waals surface area contributed by atoms with Gasteiger partial charge in [0, 0.05) is 17.3 Å². The number of esters is 1. The SMILES string of the molecule is COC(=O)C#C[C@@]1(C)C[C@@H]2C[C@H]1[C@H]1O[C@@H]21. The average molecular weight is 206 g/mol. The molecular weight excluding hydrogens is 192 g/mol. The molecule has 1 saturated heterocycles. The van der Waals surface area contributed by atoms with E-state index in [1.54, 1.807) is 0 Å². The van der Waals surface area contributed by atoms with Gasteiger partial charge in [-0.05, 0) is 25.7 Å². The fourth-order valence-electron chi connectivity index (χ4n) is 3.34. The lowest BCUT2D eigenvalue weighted by atomic mass is 9.75. The molecule has 2 aliphatic carbocycles. The van der Waals surface area contributed by atoms with Crippen LogP contribution >= 0.6 is 0 Å². The van der Waals surface area contributed by atoms with Gasteiger partial charge in [0.25, 0.3) is 0 Å². The first-order valence-electron chi connectivity index (χ1n) is 5.40. The Hall–Kier alpha value is -1.01. The van der Waals surface area contributed by atoms with Crippen LogP contribution in [-0.2, 0) is 14.3 Å². The number of carbonyl (C=O) groups excluding carboxylic acids is 1. The summed E-state index contributed by atoms with van der Waals surface area (Å²) in [6, 6.07) is 0. The molecule has 0 aromatic heterocycles. The molecule has 2 bridgehead atoms. The van der Waals surface area contributed by atoms with Crippen LogP contribution in [0.3, 0.4) is 0 Å². The van der Waals surface area contributed by atoms with Gasteiger partial charge in [-0.3, -0.25) is 0 Å². The first-order valence-corrected chi connectivity index (χ1v) is 5.40. The van der Waals surface area contributed by atoms with E-state index < -0.39 is 5.97 Å². The molecule has 0 spiro atoms. The Kier molecular flexibility index (Phi) is 1.70. The summed E-state index contributed by atoms with van der Waals surface area (Å²) in [7, 11) is 1.36. The summed E-state index contributed by atoms with van der Waals surface area (Å²) in [4.78, 5) is 11.0. The molecule has 0 N–H and O–H groups in total. The fraction of sp³-hybridized carbons (Fsp3) is 0.750. The molecule has 3 fully saturated rings. The van der Waals surface area contributed by atoms with Crippen molar-refractivity contribution in [2.75, 3.05) is 7.11 Å². The van der Waals surface area contributed by atoms with E-state index in [0.29, 0.717) is 24.0 Å². The number of carbonyl (C=O) groups is 1. The molecule has 1 heterocycles. The second kappa shape index (κ2) is 2.76. The highest BCUT2D eigenvalue weighted by Crippen LogP contribution is 2.63. The molecule has 3 nitrogen and oxygen atoms in total. The van der Waals surface area contributed by atoms with Crippen LogP contribution in [0.2, 0.25) is 0 Å². The Labute approximate surface area is 89.1 Å². The molecule has 1 aliphatic heterocycles. The van der Waals surface area contributed by atoms with E-state index >= 15 is 0 Å². The zero-order valence-electron chi connectivity index (χ0n) is 8.95. The number of rotatable bonds is 0. The molecule has 0 amide bonds. The third-order valence-corrected chi connectivity index (χ3v) is 4.12. The first kappa shape index (κ1) is 9.23. The third kappa shape index (κ3) is 1.21. The van der Waals surface area contributed by atoms with Crippen molar-refractivity contribution >= 4 is 5.97 Å². The summed E-state index contributed by atoms with van der Waals surface area (Å²) in [6.07, 6.45) is 3.24. The smallest absolute Gasteiger partial charge is 0.384 e. The zero-order chi connectivity index (χ0) is 10.6. The van der Waals surface area contributed by atoms with Crippen LogP contribution in [0.15, 0.2) is 0 Å². The maximum Gasteiger partial charge on any atom is 0.384 e. The second-order valence-corrected chi connectivity index (χ2v) is 5.03. The van der Waals surface area contributed by atoms with Gasteiger partial charge in [-0.1, -0.05) is 5.92 Å². The summed E-state index contributed by atoms with van der Waals surface area (Å²) >= 11 is 0. The average Bonchev–Trinajstić information content (AvgIpc) is 2.87. The summed E-state index contributed by atoms with van der Waals surface area (Å²) in [6.45, 7) is 2.14. The zero-order valence-corrected chi connectivity index (χ0v) is 8.95. The predicted molar refractivity (Wildman–Crippen MR) is 52.8 cm³/mol. The van der Waals surface area contributed by atoms with Crippen molar-refractivity contribution in [2.24, 2.45) is 17.3 Å². The molecule has 15 heavy (non-hydrogen) atoms. The summed E-state index contributed by atoms with van der Waals surface area (Å²) in [5, 5.41) is 0. The van der Waals surface area contributed by atoms with E-state index in [-0.39, 0.29) is 5.41 Å². The van der Waals surface area contributed by atoms with Gasteiger partial charge in [0.1, 0.15) is 0 Å². The van der Waals surface area contributed by atoms with Gasteiger partial charge in [-0.15, -0.1) is 0 Å². The van der Waals surface area contributed by atoms with Crippen molar-refractivity contribution in [3.8, 4) is 11.8 Å². The van der Waals surface area contributed by atoms with E-state index in [0.717, 1.165) is 6.42 Å². The summed E-state index contributed by atoms with van der Waals surface area (Å²) in [5.74, 6) is 6.44. The van der Waals surface area contributed by atoms with E-state index in [9.17, 15) is 4.79 Å². The number of fused-ring (bicyclic) bond motifs is 5. The van der Waals surface area contributed by atoms with E-state index in [1.165, 1.54) is 13.5 Å². The predicted octanol–water partition coefficient (Wildman–Crippen LogP) is 0.976. The van der Waals surface area contributed by atoms with Gasteiger partial charge in [0.2, 0.25) is 0 Å². The summed E-state index contributed by atoms with van der Waals surface area (Å²) in [5.41, 5.74) is -0.0312. The quantitative estimate of drug-likeness (QED) is 0.257. The third-order valence-electron chi connectivity index (χ3n) is 4.12. The number of methoxy groups -OCH3 is 1. The Morgan fingerprint density at radius 3 is 2.93 bits per heavy atom. The van der Waals surface area contributed by atoms with Crippen LogP contribution in [0.5, 0.6) is 0 Å². The molecule has 3 rings (SSSR count). The maximum absolute atomic E-state index is 11.0. The van der Waals surface area contributed by atoms with Crippen LogP contribution in [0.4, 0.5) is 0 Å². The van der Waals surface area contributed by atoms with Crippen molar-refractivity contribution in [2.45, 2.75) is 32.0 Å². The van der Waals surface area contributed by atoms with Crippen molar-refractivity contribution in [3.05, 3.63) is 0 Å². The molecule has 2 saturated carbocycles. The van der Waals surface area contributed by atoms with Crippen LogP contribution in [0, 0.1) is 29.1 Å². The minimum atomic E-state index is -0.438. The van der Waals surface area contributed by atoms with Crippen molar-refractivity contribution in [1.29, 1.82) is 0 Å². The van der Waals surface area contributed by atoms with Gasteiger partial charge in [-0.2, -0.15) is 0 Å². The molecule has 3 aliphatic rings. The monoisotopic (exact) mass is 206 g/mol. The summed E-state index contributed by atoms with van der Waals surface area (Å²) < 4.78 is 10.1. The second-order valence-electron chi connectivity index (χ2n) is 5.03. The number of hydrogen-bond donors (Lipinski definition) is 0. The van der Waals surface area contributed by atoms with Gasteiger partial charge in [0.05, 0.1) is 19.3 Å². The van der Waals surface area contributed by atoms with E-state index in [2.05, 4.69) is 23.5 Å². The molecule has 80 valence electrons. The highest BCUT2D eigenvalue weighted by Gasteiger charge is 2.66. The van der Waals surface area contributed by atoms with Gasteiger partial charge in [0.15, 0.2) is 0 Å². The van der Waals surface area contributed by atoms with Gasteiger partial charge in [-0.25, -0.2) is 4.79 Å². The minimum absolute atomic E-state index is 0.0312. The Bertz CT molecular complexity index is 378. The molecule has 0 radical (unpaired) electrons. The Balaban J connectivity index is 1.80. The van der Waals surface area contributed by atoms with Crippen LogP contribution in [-0.4, -0.2) is 25.3 Å². The molecule has 0 aromatic carbocycles. The lowest BCUT2D eigenvalue weighted by Crippen LogP contribution is -2.27. The van der Waals surface area contributed by atoms with Crippen molar-refractivity contribution in [3.63, 3.8) is 0 Å². The lowest BCUT2D eigenvalue weighted by Gasteiger charge is -2.25. The number of ether oxygens (including phenoxy) is 2. The maximum atomic E-state index is 11.0. The van der Waals surface area contributed by atoms with Crippen LogP contribution in [0.1, 0.15) is 19.8 Å². The van der Waals surface area contributed by atoms with Crippen molar-refractivity contribution in [1.82, 2.24) is 0 Å². The number of epoxide rings is 1. The Morgan fingerprint density at radius 2 is 2.33 bits per heavy atom. The highest BCUT2D eigenvalue weighted by atomic mass is 16.6. The largest absolute Gasteiger partial charge is 0.459 e. The fourth-order valence-corrected chi connectivity index (χ4v) is 3.34. The Morgan fingerprint density at radius 1 is 1.53 bits per heavy atom. The van der Waals surface area contributed by atoms with E-state index in [4.69, 9.17) is 4.74 Å². The molecule has 5 atom stereocenters. The van der Waals surface area contributed by atoms with Crippen LogP contribution in [0.25, 0.3) is 0 Å². The topological polar surface area (TPSA) is 38.8 Å². The standard InChI is InChI=1S/C12H14O3/c1-12(4-3-9(13)14-2)6-7-5-8(12)11-10(7)15-11/h7-8,10-11H,5-6H2,1-2H3/t7-,8-,10-,11+,12-/m0/s1. The molecular formula is C12H14O3.